The zero-order valence-corrected chi connectivity index (χ0v) is 11.5. The zero-order chi connectivity index (χ0) is 12.5. The molecule has 0 bridgehead atoms. The molecule has 0 saturated heterocycles. The lowest BCUT2D eigenvalue weighted by atomic mass is 9.84. The molecule has 1 aromatic rings. The molecule has 0 aliphatic rings. The van der Waals surface area contributed by atoms with Gasteiger partial charge in [-0.3, -0.25) is 0 Å². The summed E-state index contributed by atoms with van der Waals surface area (Å²) < 4.78 is 19.3. The smallest absolute Gasteiger partial charge is 0.143 e. The Morgan fingerprint density at radius 3 is 2.50 bits per heavy atom. The SMILES string of the molecule is COc1c(C(C)(C)CO)cc(Br)c(F)c1C. The highest BCUT2D eigenvalue weighted by molar-refractivity contribution is 9.10. The van der Waals surface area contributed by atoms with Gasteiger partial charge < -0.3 is 9.84 Å². The second-order valence-corrected chi connectivity index (χ2v) is 5.27. The number of benzene rings is 1. The topological polar surface area (TPSA) is 29.5 Å². The van der Waals surface area contributed by atoms with E-state index in [9.17, 15) is 9.50 Å². The lowest BCUT2D eigenvalue weighted by Gasteiger charge is -2.26. The Hall–Kier alpha value is -0.610. The minimum atomic E-state index is -0.466. The van der Waals surface area contributed by atoms with Crippen molar-refractivity contribution in [2.75, 3.05) is 13.7 Å². The summed E-state index contributed by atoms with van der Waals surface area (Å²) in [6.45, 7) is 5.40. The number of ether oxygens (including phenoxy) is 1. The Labute approximate surface area is 104 Å². The van der Waals surface area contributed by atoms with Gasteiger partial charge in [-0.05, 0) is 28.9 Å². The number of hydrogen-bond donors (Lipinski definition) is 1. The molecule has 0 atom stereocenters. The van der Waals surface area contributed by atoms with Crippen LogP contribution in [0.5, 0.6) is 5.75 Å². The van der Waals surface area contributed by atoms with E-state index in [0.29, 0.717) is 15.8 Å². The van der Waals surface area contributed by atoms with Gasteiger partial charge >= 0.3 is 0 Å². The first-order valence-electron chi connectivity index (χ1n) is 4.99. The van der Waals surface area contributed by atoms with Crippen molar-refractivity contribution >= 4 is 15.9 Å². The summed E-state index contributed by atoms with van der Waals surface area (Å²) in [6, 6.07) is 1.66. The summed E-state index contributed by atoms with van der Waals surface area (Å²) in [4.78, 5) is 0. The number of halogens is 2. The van der Waals surface area contributed by atoms with Crippen molar-refractivity contribution in [2.45, 2.75) is 26.2 Å². The summed E-state index contributed by atoms with van der Waals surface area (Å²) in [5.41, 5.74) is 0.781. The minimum Gasteiger partial charge on any atom is -0.496 e. The van der Waals surface area contributed by atoms with Crippen LogP contribution < -0.4 is 4.74 Å². The predicted octanol–water partition coefficient (Wildman–Crippen LogP) is 3.18. The summed E-state index contributed by atoms with van der Waals surface area (Å²) in [6.07, 6.45) is 0. The third kappa shape index (κ3) is 2.23. The van der Waals surface area contributed by atoms with E-state index >= 15 is 0 Å². The van der Waals surface area contributed by atoms with Crippen LogP contribution in [0.1, 0.15) is 25.0 Å². The van der Waals surface area contributed by atoms with E-state index in [4.69, 9.17) is 4.74 Å². The molecule has 16 heavy (non-hydrogen) atoms. The van der Waals surface area contributed by atoms with Crippen molar-refractivity contribution in [1.29, 1.82) is 0 Å². The van der Waals surface area contributed by atoms with Crippen LogP contribution in [-0.4, -0.2) is 18.8 Å². The first kappa shape index (κ1) is 13.5. The quantitative estimate of drug-likeness (QED) is 0.927. The fourth-order valence-corrected chi connectivity index (χ4v) is 2.11. The molecular weight excluding hydrogens is 275 g/mol. The van der Waals surface area contributed by atoms with Gasteiger partial charge in [0.15, 0.2) is 0 Å². The normalized spacial score (nSPS) is 11.7. The number of methoxy groups -OCH3 is 1. The fourth-order valence-electron chi connectivity index (χ4n) is 1.59. The Morgan fingerprint density at radius 1 is 1.50 bits per heavy atom. The highest BCUT2D eigenvalue weighted by Crippen LogP contribution is 2.38. The van der Waals surface area contributed by atoms with Crippen LogP contribution in [-0.2, 0) is 5.41 Å². The maximum Gasteiger partial charge on any atom is 0.143 e. The van der Waals surface area contributed by atoms with Gasteiger partial charge in [-0.2, -0.15) is 0 Å². The van der Waals surface area contributed by atoms with Crippen LogP contribution in [0.3, 0.4) is 0 Å². The molecule has 0 heterocycles. The molecule has 4 heteroatoms. The van der Waals surface area contributed by atoms with Crippen LogP contribution in [0.25, 0.3) is 0 Å². The Morgan fingerprint density at radius 2 is 2.06 bits per heavy atom. The Bertz CT molecular complexity index is 402. The third-order valence-electron chi connectivity index (χ3n) is 2.72. The predicted molar refractivity (Wildman–Crippen MR) is 65.5 cm³/mol. The van der Waals surface area contributed by atoms with Gasteiger partial charge in [-0.1, -0.05) is 13.8 Å². The van der Waals surface area contributed by atoms with Gasteiger partial charge in [0.25, 0.3) is 0 Å². The van der Waals surface area contributed by atoms with Crippen molar-refractivity contribution in [1.82, 2.24) is 0 Å². The van der Waals surface area contributed by atoms with Gasteiger partial charge in [0.05, 0.1) is 18.2 Å². The maximum absolute atomic E-state index is 13.7. The molecule has 0 spiro atoms. The van der Waals surface area contributed by atoms with Gasteiger partial charge in [-0.25, -0.2) is 4.39 Å². The maximum atomic E-state index is 13.7. The molecule has 0 aliphatic heterocycles. The van der Waals surface area contributed by atoms with Crippen molar-refractivity contribution < 1.29 is 14.2 Å². The largest absolute Gasteiger partial charge is 0.496 e. The van der Waals surface area contributed by atoms with E-state index in [1.165, 1.54) is 7.11 Å². The lowest BCUT2D eigenvalue weighted by Crippen LogP contribution is -2.23. The molecule has 0 amide bonds. The highest BCUT2D eigenvalue weighted by atomic mass is 79.9. The first-order valence-corrected chi connectivity index (χ1v) is 5.78. The first-order chi connectivity index (χ1) is 7.35. The van der Waals surface area contributed by atoms with Gasteiger partial charge in [0, 0.05) is 16.5 Å². The lowest BCUT2D eigenvalue weighted by molar-refractivity contribution is 0.214. The molecule has 0 aliphatic carbocycles. The molecule has 1 aromatic carbocycles. The third-order valence-corrected chi connectivity index (χ3v) is 3.30. The molecule has 2 nitrogen and oxygen atoms in total. The molecular formula is C12H16BrFO2. The number of rotatable bonds is 3. The van der Waals surface area contributed by atoms with Crippen LogP contribution in [0.2, 0.25) is 0 Å². The molecule has 0 saturated carbocycles. The molecule has 0 radical (unpaired) electrons. The van der Waals surface area contributed by atoms with E-state index in [1.54, 1.807) is 13.0 Å². The van der Waals surface area contributed by atoms with Crippen molar-refractivity contribution in [2.24, 2.45) is 0 Å². The summed E-state index contributed by atoms with van der Waals surface area (Å²) >= 11 is 3.17. The highest BCUT2D eigenvalue weighted by Gasteiger charge is 2.27. The van der Waals surface area contributed by atoms with E-state index in [2.05, 4.69) is 15.9 Å². The molecule has 0 fully saturated rings. The molecule has 1 N–H and O–H groups in total. The van der Waals surface area contributed by atoms with E-state index in [0.717, 1.165) is 5.56 Å². The van der Waals surface area contributed by atoms with Crippen molar-refractivity contribution in [3.8, 4) is 5.75 Å². The summed E-state index contributed by atoms with van der Waals surface area (Å²) in [5.74, 6) is 0.175. The second-order valence-electron chi connectivity index (χ2n) is 4.42. The van der Waals surface area contributed by atoms with Gasteiger partial charge in [0.1, 0.15) is 11.6 Å². The average Bonchev–Trinajstić information content (AvgIpc) is 2.25. The number of aliphatic hydroxyl groups is 1. The number of aliphatic hydroxyl groups excluding tert-OH is 1. The van der Waals surface area contributed by atoms with Crippen molar-refractivity contribution in [3.05, 3.63) is 27.5 Å². The summed E-state index contributed by atoms with van der Waals surface area (Å²) in [7, 11) is 1.51. The molecule has 0 aromatic heterocycles. The Kier molecular flexibility index (Phi) is 3.97. The molecule has 0 unspecified atom stereocenters. The van der Waals surface area contributed by atoms with Crippen LogP contribution in [0.15, 0.2) is 10.5 Å². The van der Waals surface area contributed by atoms with Gasteiger partial charge in [0.2, 0.25) is 0 Å². The second kappa shape index (κ2) is 4.72. The van der Waals surface area contributed by atoms with Crippen molar-refractivity contribution in [3.63, 3.8) is 0 Å². The number of hydrogen-bond acceptors (Lipinski definition) is 2. The minimum absolute atomic E-state index is 0.0269. The monoisotopic (exact) mass is 290 g/mol. The zero-order valence-electron chi connectivity index (χ0n) is 9.90. The average molecular weight is 291 g/mol. The molecule has 1 rings (SSSR count). The van der Waals surface area contributed by atoms with Crippen LogP contribution in [0.4, 0.5) is 4.39 Å². The van der Waals surface area contributed by atoms with Gasteiger partial charge in [-0.15, -0.1) is 0 Å². The van der Waals surface area contributed by atoms with E-state index in [-0.39, 0.29) is 12.4 Å². The Balaban J connectivity index is 3.51. The summed E-state index contributed by atoms with van der Waals surface area (Å²) in [5, 5.41) is 9.35. The fraction of sp³-hybridized carbons (Fsp3) is 0.500. The van der Waals surface area contributed by atoms with E-state index < -0.39 is 5.41 Å². The standard InChI is InChI=1S/C12H16BrFO2/c1-7-10(14)9(13)5-8(11(7)16-4)12(2,3)6-15/h5,15H,6H2,1-4H3. The van der Waals surface area contributed by atoms with Crippen LogP contribution >= 0.6 is 15.9 Å². The van der Waals surface area contributed by atoms with Crippen LogP contribution in [0, 0.1) is 12.7 Å². The van der Waals surface area contributed by atoms with E-state index in [1.807, 2.05) is 13.8 Å². The molecule has 90 valence electrons.